The van der Waals surface area contributed by atoms with Gasteiger partial charge in [-0.15, -0.1) is 0 Å². The fourth-order valence-corrected chi connectivity index (χ4v) is 2.04. The van der Waals surface area contributed by atoms with E-state index in [0.29, 0.717) is 18.3 Å². The first-order valence-corrected chi connectivity index (χ1v) is 6.89. The van der Waals surface area contributed by atoms with Gasteiger partial charge in [0, 0.05) is 6.61 Å². The van der Waals surface area contributed by atoms with Crippen LogP contribution in [0.5, 0.6) is 0 Å². The average Bonchev–Trinajstić information content (AvgIpc) is 2.94. The minimum Gasteiger partial charge on any atom is -0.370 e. The van der Waals surface area contributed by atoms with Crippen LogP contribution in [0.1, 0.15) is 50.2 Å². The van der Waals surface area contributed by atoms with Crippen LogP contribution in [0.2, 0.25) is 0 Å². The molecule has 0 amide bonds. The maximum absolute atomic E-state index is 6.14. The standard InChI is InChI=1S/C15H21N3O2/c1-4-19-13(10(2)3)14-17-15(20-18-14)12(16)11-8-6-5-7-9-11/h5-10,12-13H,4,16H2,1-3H3/t12-,13?/m1/s1. The van der Waals surface area contributed by atoms with E-state index in [0.717, 1.165) is 5.56 Å². The second-order valence-electron chi connectivity index (χ2n) is 5.00. The van der Waals surface area contributed by atoms with Gasteiger partial charge >= 0.3 is 0 Å². The topological polar surface area (TPSA) is 74.2 Å². The van der Waals surface area contributed by atoms with E-state index in [4.69, 9.17) is 15.0 Å². The Kier molecular flexibility index (Phi) is 4.87. The first-order valence-electron chi connectivity index (χ1n) is 6.89. The van der Waals surface area contributed by atoms with Crippen LogP contribution in [0, 0.1) is 5.92 Å². The Hall–Kier alpha value is -1.72. The Labute approximate surface area is 119 Å². The largest absolute Gasteiger partial charge is 0.370 e. The Bertz CT molecular complexity index is 525. The maximum Gasteiger partial charge on any atom is 0.248 e. The lowest BCUT2D eigenvalue weighted by Crippen LogP contribution is -2.15. The van der Waals surface area contributed by atoms with Gasteiger partial charge in [-0.1, -0.05) is 49.3 Å². The fourth-order valence-electron chi connectivity index (χ4n) is 2.04. The molecule has 108 valence electrons. The third-order valence-electron chi connectivity index (χ3n) is 3.09. The van der Waals surface area contributed by atoms with Gasteiger partial charge in [-0.05, 0) is 18.4 Å². The number of hydrogen-bond donors (Lipinski definition) is 1. The van der Waals surface area contributed by atoms with E-state index < -0.39 is 6.04 Å². The van der Waals surface area contributed by atoms with Crippen LogP contribution in [0.15, 0.2) is 34.9 Å². The molecule has 1 heterocycles. The molecule has 0 aliphatic carbocycles. The first kappa shape index (κ1) is 14.7. The van der Waals surface area contributed by atoms with Crippen molar-refractivity contribution in [3.05, 3.63) is 47.6 Å². The highest BCUT2D eigenvalue weighted by Crippen LogP contribution is 2.25. The highest BCUT2D eigenvalue weighted by atomic mass is 16.5. The Morgan fingerprint density at radius 2 is 1.95 bits per heavy atom. The lowest BCUT2D eigenvalue weighted by Gasteiger charge is -2.16. The molecular weight excluding hydrogens is 254 g/mol. The summed E-state index contributed by atoms with van der Waals surface area (Å²) in [7, 11) is 0. The number of benzene rings is 1. The van der Waals surface area contributed by atoms with E-state index in [-0.39, 0.29) is 12.0 Å². The second kappa shape index (κ2) is 6.63. The Balaban J connectivity index is 2.20. The number of rotatable bonds is 6. The molecule has 2 atom stereocenters. The van der Waals surface area contributed by atoms with E-state index in [2.05, 4.69) is 24.0 Å². The summed E-state index contributed by atoms with van der Waals surface area (Å²) in [6.07, 6.45) is -0.166. The smallest absolute Gasteiger partial charge is 0.248 e. The van der Waals surface area contributed by atoms with Crippen LogP contribution in [-0.2, 0) is 4.74 Å². The molecule has 2 rings (SSSR count). The van der Waals surface area contributed by atoms with Crippen molar-refractivity contribution in [1.82, 2.24) is 10.1 Å². The van der Waals surface area contributed by atoms with Gasteiger partial charge < -0.3 is 15.0 Å². The predicted octanol–water partition coefficient (Wildman–Crippen LogP) is 2.85. The van der Waals surface area contributed by atoms with Crippen LogP contribution >= 0.6 is 0 Å². The Morgan fingerprint density at radius 1 is 1.25 bits per heavy atom. The highest BCUT2D eigenvalue weighted by molar-refractivity contribution is 5.23. The van der Waals surface area contributed by atoms with Gasteiger partial charge in [-0.2, -0.15) is 4.98 Å². The molecule has 0 aliphatic heterocycles. The maximum atomic E-state index is 6.14. The number of nitrogens with two attached hydrogens (primary N) is 1. The van der Waals surface area contributed by atoms with Crippen molar-refractivity contribution in [3.8, 4) is 0 Å². The molecule has 0 saturated heterocycles. The molecule has 0 aliphatic rings. The third-order valence-corrected chi connectivity index (χ3v) is 3.09. The van der Waals surface area contributed by atoms with Crippen molar-refractivity contribution in [2.24, 2.45) is 11.7 Å². The summed E-state index contributed by atoms with van der Waals surface area (Å²) in [4.78, 5) is 4.40. The van der Waals surface area contributed by atoms with Crippen LogP contribution in [0.4, 0.5) is 0 Å². The summed E-state index contributed by atoms with van der Waals surface area (Å²) < 4.78 is 11.0. The van der Waals surface area contributed by atoms with Crippen molar-refractivity contribution >= 4 is 0 Å². The zero-order valence-corrected chi connectivity index (χ0v) is 12.1. The van der Waals surface area contributed by atoms with E-state index >= 15 is 0 Å². The van der Waals surface area contributed by atoms with Gasteiger partial charge in [-0.3, -0.25) is 0 Å². The first-order chi connectivity index (χ1) is 9.63. The summed E-state index contributed by atoms with van der Waals surface area (Å²) in [5, 5.41) is 4.01. The third kappa shape index (κ3) is 3.23. The minimum absolute atomic E-state index is 0.166. The molecule has 0 bridgehead atoms. The summed E-state index contributed by atoms with van der Waals surface area (Å²) in [6.45, 7) is 6.69. The highest BCUT2D eigenvalue weighted by Gasteiger charge is 2.24. The van der Waals surface area contributed by atoms with Crippen molar-refractivity contribution < 1.29 is 9.26 Å². The van der Waals surface area contributed by atoms with Gasteiger partial charge in [0.15, 0.2) is 0 Å². The molecule has 0 radical (unpaired) electrons. The molecule has 0 saturated carbocycles. The molecular formula is C15H21N3O2. The van der Waals surface area contributed by atoms with Crippen molar-refractivity contribution in [2.75, 3.05) is 6.61 Å². The summed E-state index contributed by atoms with van der Waals surface area (Å²) in [5.41, 5.74) is 7.09. The summed E-state index contributed by atoms with van der Waals surface area (Å²) in [5.74, 6) is 1.24. The van der Waals surface area contributed by atoms with Crippen LogP contribution in [0.3, 0.4) is 0 Å². The molecule has 0 fully saturated rings. The quantitative estimate of drug-likeness (QED) is 0.877. The normalized spacial score (nSPS) is 14.4. The van der Waals surface area contributed by atoms with Crippen molar-refractivity contribution in [1.29, 1.82) is 0 Å². The molecule has 1 aromatic heterocycles. The zero-order valence-electron chi connectivity index (χ0n) is 12.1. The van der Waals surface area contributed by atoms with Gasteiger partial charge in [0.05, 0.1) is 0 Å². The molecule has 5 heteroatoms. The van der Waals surface area contributed by atoms with Gasteiger partial charge in [0.1, 0.15) is 12.1 Å². The fraction of sp³-hybridized carbons (Fsp3) is 0.467. The van der Waals surface area contributed by atoms with Crippen LogP contribution in [0.25, 0.3) is 0 Å². The van der Waals surface area contributed by atoms with Crippen LogP contribution < -0.4 is 5.73 Å². The van der Waals surface area contributed by atoms with Gasteiger partial charge in [0.25, 0.3) is 0 Å². The van der Waals surface area contributed by atoms with Crippen molar-refractivity contribution in [2.45, 2.75) is 32.9 Å². The SMILES string of the molecule is CCOC(c1noc([C@H](N)c2ccccc2)n1)C(C)C. The Morgan fingerprint density at radius 3 is 2.55 bits per heavy atom. The summed E-state index contributed by atoms with van der Waals surface area (Å²) in [6, 6.07) is 9.28. The summed E-state index contributed by atoms with van der Waals surface area (Å²) >= 11 is 0. The van der Waals surface area contributed by atoms with E-state index in [1.54, 1.807) is 0 Å². The number of ether oxygens (including phenoxy) is 1. The monoisotopic (exact) mass is 275 g/mol. The van der Waals surface area contributed by atoms with Crippen molar-refractivity contribution in [3.63, 3.8) is 0 Å². The molecule has 2 N–H and O–H groups in total. The molecule has 5 nitrogen and oxygen atoms in total. The second-order valence-corrected chi connectivity index (χ2v) is 5.00. The molecule has 1 aromatic carbocycles. The van der Waals surface area contributed by atoms with Gasteiger partial charge in [0.2, 0.25) is 11.7 Å². The number of aromatic nitrogens is 2. The van der Waals surface area contributed by atoms with E-state index in [9.17, 15) is 0 Å². The van der Waals surface area contributed by atoms with E-state index in [1.807, 2.05) is 37.3 Å². The predicted molar refractivity (Wildman–Crippen MR) is 76.0 cm³/mol. The van der Waals surface area contributed by atoms with Gasteiger partial charge in [-0.25, -0.2) is 0 Å². The molecule has 20 heavy (non-hydrogen) atoms. The lowest BCUT2D eigenvalue weighted by molar-refractivity contribution is 0.0217. The van der Waals surface area contributed by atoms with E-state index in [1.165, 1.54) is 0 Å². The molecule has 1 unspecified atom stereocenters. The van der Waals surface area contributed by atoms with Crippen LogP contribution in [-0.4, -0.2) is 16.7 Å². The average molecular weight is 275 g/mol. The number of nitrogens with zero attached hydrogens (tertiary/aromatic N) is 2. The number of hydrogen-bond acceptors (Lipinski definition) is 5. The molecule has 0 spiro atoms. The lowest BCUT2D eigenvalue weighted by atomic mass is 10.1. The minimum atomic E-state index is -0.410. The zero-order chi connectivity index (χ0) is 14.5. The molecule has 2 aromatic rings.